The van der Waals surface area contributed by atoms with Crippen molar-refractivity contribution in [1.82, 2.24) is 4.90 Å². The molecule has 0 radical (unpaired) electrons. The largest absolute Gasteiger partial charge is 0.462 e. The summed E-state index contributed by atoms with van der Waals surface area (Å²) in [4.78, 5) is 27.8. The number of rotatable bonds is 3. The molecule has 0 aromatic rings. The van der Waals surface area contributed by atoms with Gasteiger partial charge in [0.25, 0.3) is 0 Å². The van der Waals surface area contributed by atoms with E-state index in [2.05, 4.69) is 4.99 Å². The van der Waals surface area contributed by atoms with Crippen molar-refractivity contribution >= 4 is 18.3 Å². The number of hydrogen-bond donors (Lipinski definition) is 0. The lowest BCUT2D eigenvalue weighted by Crippen LogP contribution is -2.30. The maximum atomic E-state index is 11.4. The summed E-state index contributed by atoms with van der Waals surface area (Å²) in [6.07, 6.45) is 2.23. The zero-order valence-corrected chi connectivity index (χ0v) is 9.30. The molecule has 88 valence electrons. The SMILES string of the molecule is CCOC(=O)C1=CN(C(=O)OCC)CN=C1. The van der Waals surface area contributed by atoms with Gasteiger partial charge in [-0.15, -0.1) is 0 Å². The molecule has 0 fully saturated rings. The number of carbonyl (C=O) groups is 2. The van der Waals surface area contributed by atoms with E-state index >= 15 is 0 Å². The average molecular weight is 226 g/mol. The first-order valence-electron chi connectivity index (χ1n) is 5.01. The summed E-state index contributed by atoms with van der Waals surface area (Å²) in [5.74, 6) is -0.500. The summed E-state index contributed by atoms with van der Waals surface area (Å²) >= 11 is 0. The molecule has 1 aliphatic rings. The van der Waals surface area contributed by atoms with E-state index in [0.717, 1.165) is 0 Å². The minimum Gasteiger partial charge on any atom is -0.462 e. The van der Waals surface area contributed by atoms with E-state index in [9.17, 15) is 9.59 Å². The van der Waals surface area contributed by atoms with Gasteiger partial charge in [0.1, 0.15) is 6.67 Å². The molecule has 0 unspecified atom stereocenters. The molecule has 1 heterocycles. The number of hydrogen-bond acceptors (Lipinski definition) is 5. The van der Waals surface area contributed by atoms with Gasteiger partial charge in [0.15, 0.2) is 0 Å². The molecule has 0 saturated heterocycles. The maximum Gasteiger partial charge on any atom is 0.415 e. The Morgan fingerprint density at radius 3 is 2.69 bits per heavy atom. The van der Waals surface area contributed by atoms with E-state index in [0.29, 0.717) is 0 Å². The summed E-state index contributed by atoms with van der Waals surface area (Å²) in [6, 6.07) is 0. The lowest BCUT2D eigenvalue weighted by molar-refractivity contribution is -0.137. The van der Waals surface area contributed by atoms with Crippen molar-refractivity contribution in [3.8, 4) is 0 Å². The Hall–Kier alpha value is -1.85. The molecule has 1 aliphatic heterocycles. The van der Waals surface area contributed by atoms with Crippen LogP contribution in [0.1, 0.15) is 13.8 Å². The molecule has 1 amide bonds. The maximum absolute atomic E-state index is 11.4. The molecule has 16 heavy (non-hydrogen) atoms. The molecule has 0 spiro atoms. The molecular formula is C10H14N2O4. The summed E-state index contributed by atoms with van der Waals surface area (Å²) in [7, 11) is 0. The molecule has 0 saturated carbocycles. The highest BCUT2D eigenvalue weighted by atomic mass is 16.6. The van der Waals surface area contributed by atoms with Crippen molar-refractivity contribution in [3.05, 3.63) is 11.8 Å². The lowest BCUT2D eigenvalue weighted by Gasteiger charge is -2.19. The zero-order valence-electron chi connectivity index (χ0n) is 9.30. The second kappa shape index (κ2) is 5.89. The van der Waals surface area contributed by atoms with E-state index in [1.165, 1.54) is 17.3 Å². The van der Waals surface area contributed by atoms with Gasteiger partial charge in [-0.25, -0.2) is 9.59 Å². The molecule has 0 aromatic heterocycles. The molecule has 0 bridgehead atoms. The van der Waals surface area contributed by atoms with Crippen LogP contribution in [0.25, 0.3) is 0 Å². The van der Waals surface area contributed by atoms with Gasteiger partial charge in [0, 0.05) is 12.4 Å². The van der Waals surface area contributed by atoms with Gasteiger partial charge < -0.3 is 9.47 Å². The van der Waals surface area contributed by atoms with Gasteiger partial charge >= 0.3 is 12.1 Å². The number of nitrogens with zero attached hydrogens (tertiary/aromatic N) is 2. The van der Waals surface area contributed by atoms with Gasteiger partial charge in [0.2, 0.25) is 0 Å². The molecule has 1 rings (SSSR count). The normalized spacial score (nSPS) is 14.4. The highest BCUT2D eigenvalue weighted by molar-refractivity contribution is 6.10. The van der Waals surface area contributed by atoms with Gasteiger partial charge in [0.05, 0.1) is 18.8 Å². The van der Waals surface area contributed by atoms with Crippen LogP contribution in [-0.2, 0) is 14.3 Å². The van der Waals surface area contributed by atoms with Crippen LogP contribution in [-0.4, -0.2) is 43.1 Å². The molecular weight excluding hydrogens is 212 g/mol. The van der Waals surface area contributed by atoms with Crippen LogP contribution in [0, 0.1) is 0 Å². The Balaban J connectivity index is 2.68. The molecule has 6 heteroatoms. The number of carbonyl (C=O) groups excluding carboxylic acids is 2. The third kappa shape index (κ3) is 3.08. The highest BCUT2D eigenvalue weighted by Gasteiger charge is 2.19. The Labute approximate surface area is 93.5 Å². The molecule has 0 aliphatic carbocycles. The van der Waals surface area contributed by atoms with Crippen molar-refractivity contribution in [2.75, 3.05) is 19.9 Å². The number of amides is 1. The van der Waals surface area contributed by atoms with E-state index in [-0.39, 0.29) is 25.5 Å². The fraction of sp³-hybridized carbons (Fsp3) is 0.500. The molecule has 0 aromatic carbocycles. The molecule has 6 nitrogen and oxygen atoms in total. The van der Waals surface area contributed by atoms with Gasteiger partial charge in [-0.1, -0.05) is 0 Å². The monoisotopic (exact) mass is 226 g/mol. The van der Waals surface area contributed by atoms with Crippen molar-refractivity contribution < 1.29 is 19.1 Å². The third-order valence-electron chi connectivity index (χ3n) is 1.77. The van der Waals surface area contributed by atoms with E-state index in [1.807, 2.05) is 0 Å². The number of esters is 1. The Morgan fingerprint density at radius 2 is 2.06 bits per heavy atom. The lowest BCUT2D eigenvalue weighted by atomic mass is 10.3. The van der Waals surface area contributed by atoms with Gasteiger partial charge in [-0.05, 0) is 13.8 Å². The third-order valence-corrected chi connectivity index (χ3v) is 1.77. The Morgan fingerprint density at radius 1 is 1.38 bits per heavy atom. The number of aliphatic imine (C=N–C) groups is 1. The average Bonchev–Trinajstić information content (AvgIpc) is 2.30. The summed E-state index contributed by atoms with van der Waals surface area (Å²) in [5, 5.41) is 0. The predicted octanol–water partition coefficient (Wildman–Crippen LogP) is 0.934. The van der Waals surface area contributed by atoms with Gasteiger partial charge in [-0.2, -0.15) is 0 Å². The Kier molecular flexibility index (Phi) is 4.50. The summed E-state index contributed by atoms with van der Waals surface area (Å²) in [5.41, 5.74) is 0.237. The van der Waals surface area contributed by atoms with Crippen LogP contribution in [0.4, 0.5) is 4.79 Å². The van der Waals surface area contributed by atoms with Crippen LogP contribution < -0.4 is 0 Å². The second-order valence-corrected chi connectivity index (χ2v) is 2.93. The standard InChI is InChI=1S/C10H14N2O4/c1-3-15-9(13)8-5-11-7-12(6-8)10(14)16-4-2/h5-6H,3-4,7H2,1-2H3. The summed E-state index contributed by atoms with van der Waals surface area (Å²) < 4.78 is 9.58. The van der Waals surface area contributed by atoms with Crippen molar-refractivity contribution in [2.45, 2.75) is 13.8 Å². The van der Waals surface area contributed by atoms with Gasteiger partial charge in [-0.3, -0.25) is 9.89 Å². The minimum atomic E-state index is -0.527. The quantitative estimate of drug-likeness (QED) is 0.671. The van der Waals surface area contributed by atoms with E-state index in [4.69, 9.17) is 9.47 Å². The fourth-order valence-corrected chi connectivity index (χ4v) is 1.11. The Bertz CT molecular complexity index is 336. The summed E-state index contributed by atoms with van der Waals surface area (Å²) in [6.45, 7) is 4.13. The van der Waals surface area contributed by atoms with Crippen molar-refractivity contribution in [2.24, 2.45) is 4.99 Å². The zero-order chi connectivity index (χ0) is 12.0. The topological polar surface area (TPSA) is 68.2 Å². The van der Waals surface area contributed by atoms with E-state index in [1.54, 1.807) is 13.8 Å². The number of ether oxygens (including phenoxy) is 2. The van der Waals surface area contributed by atoms with Crippen molar-refractivity contribution in [1.29, 1.82) is 0 Å². The van der Waals surface area contributed by atoms with Crippen LogP contribution in [0.2, 0.25) is 0 Å². The van der Waals surface area contributed by atoms with Crippen LogP contribution in [0.3, 0.4) is 0 Å². The first-order chi connectivity index (χ1) is 7.69. The highest BCUT2D eigenvalue weighted by Crippen LogP contribution is 2.07. The van der Waals surface area contributed by atoms with E-state index < -0.39 is 12.1 Å². The second-order valence-electron chi connectivity index (χ2n) is 2.93. The smallest absolute Gasteiger partial charge is 0.415 e. The molecule has 0 N–H and O–H groups in total. The van der Waals surface area contributed by atoms with Crippen LogP contribution >= 0.6 is 0 Å². The van der Waals surface area contributed by atoms with Crippen LogP contribution in [0.15, 0.2) is 16.8 Å². The predicted molar refractivity (Wildman–Crippen MR) is 56.9 cm³/mol. The molecule has 0 atom stereocenters. The minimum absolute atomic E-state index is 0.155. The first kappa shape index (κ1) is 12.2. The van der Waals surface area contributed by atoms with Crippen molar-refractivity contribution in [3.63, 3.8) is 0 Å². The fourth-order valence-electron chi connectivity index (χ4n) is 1.11. The first-order valence-corrected chi connectivity index (χ1v) is 5.01. The van der Waals surface area contributed by atoms with Crippen LogP contribution in [0.5, 0.6) is 0 Å².